The predicted octanol–water partition coefficient (Wildman–Crippen LogP) is 4.48. The van der Waals surface area contributed by atoms with Crippen molar-refractivity contribution >= 4 is 17.5 Å². The highest BCUT2D eigenvalue weighted by Crippen LogP contribution is 2.24. The standard InChI is InChI=1S/C23H24F2N2O2/c1-14-18(24)11-17(12-19(14)25)26-20-13-21(28)27(22(20)29)10-9-15-5-7-16(8-6-15)23(2,3)4/h5-8,11-13,26H,9-10H2,1-4H3. The average Bonchev–Trinajstić information content (AvgIpc) is 2.90. The van der Waals surface area contributed by atoms with Crippen LogP contribution in [0.3, 0.4) is 0 Å². The number of amides is 2. The normalized spacial score (nSPS) is 14.4. The number of nitrogens with one attached hydrogen (secondary N) is 1. The highest BCUT2D eigenvalue weighted by molar-refractivity contribution is 6.17. The molecule has 0 radical (unpaired) electrons. The molecule has 1 heterocycles. The molecule has 4 nitrogen and oxygen atoms in total. The summed E-state index contributed by atoms with van der Waals surface area (Å²) in [6, 6.07) is 10.3. The van der Waals surface area contributed by atoms with Crippen molar-refractivity contribution in [2.75, 3.05) is 11.9 Å². The summed E-state index contributed by atoms with van der Waals surface area (Å²) in [5.74, 6) is -2.40. The molecule has 0 saturated heterocycles. The summed E-state index contributed by atoms with van der Waals surface area (Å²) >= 11 is 0. The van der Waals surface area contributed by atoms with Gasteiger partial charge in [-0.2, -0.15) is 0 Å². The second-order valence-corrected chi connectivity index (χ2v) is 8.24. The van der Waals surface area contributed by atoms with E-state index < -0.39 is 23.4 Å². The fourth-order valence-corrected chi connectivity index (χ4v) is 3.10. The lowest BCUT2D eigenvalue weighted by Crippen LogP contribution is -2.34. The summed E-state index contributed by atoms with van der Waals surface area (Å²) in [4.78, 5) is 25.9. The van der Waals surface area contributed by atoms with Crippen molar-refractivity contribution in [1.82, 2.24) is 4.90 Å². The Hall–Kier alpha value is -3.02. The molecule has 29 heavy (non-hydrogen) atoms. The average molecular weight is 398 g/mol. The quantitative estimate of drug-likeness (QED) is 0.756. The molecule has 6 heteroatoms. The van der Waals surface area contributed by atoms with Gasteiger partial charge < -0.3 is 5.32 Å². The number of halogens is 2. The SMILES string of the molecule is Cc1c(F)cc(NC2=CC(=O)N(CCc3ccc(C(C)(C)C)cc3)C2=O)cc1F. The molecule has 1 N–H and O–H groups in total. The maximum atomic E-state index is 13.7. The first-order valence-electron chi connectivity index (χ1n) is 9.46. The number of imide groups is 1. The van der Waals surface area contributed by atoms with Crippen LogP contribution in [0.5, 0.6) is 0 Å². The van der Waals surface area contributed by atoms with Gasteiger partial charge in [0.25, 0.3) is 11.8 Å². The molecule has 152 valence electrons. The Bertz CT molecular complexity index is 966. The fourth-order valence-electron chi connectivity index (χ4n) is 3.10. The minimum absolute atomic E-state index is 0.000679. The van der Waals surface area contributed by atoms with Crippen LogP contribution in [-0.4, -0.2) is 23.3 Å². The van der Waals surface area contributed by atoms with Crippen LogP contribution in [0.2, 0.25) is 0 Å². The van der Waals surface area contributed by atoms with E-state index >= 15 is 0 Å². The van der Waals surface area contributed by atoms with E-state index in [9.17, 15) is 18.4 Å². The Balaban J connectivity index is 1.65. The van der Waals surface area contributed by atoms with Gasteiger partial charge in [-0.15, -0.1) is 0 Å². The third-order valence-corrected chi connectivity index (χ3v) is 5.01. The van der Waals surface area contributed by atoms with Gasteiger partial charge in [0.1, 0.15) is 17.3 Å². The molecule has 0 atom stereocenters. The van der Waals surface area contributed by atoms with E-state index in [-0.39, 0.29) is 28.9 Å². The summed E-state index contributed by atoms with van der Waals surface area (Å²) < 4.78 is 27.4. The lowest BCUT2D eigenvalue weighted by Gasteiger charge is -2.19. The molecule has 1 aliphatic heterocycles. The lowest BCUT2D eigenvalue weighted by atomic mass is 9.86. The van der Waals surface area contributed by atoms with Gasteiger partial charge in [0.2, 0.25) is 0 Å². The zero-order valence-corrected chi connectivity index (χ0v) is 17.0. The summed E-state index contributed by atoms with van der Waals surface area (Å²) in [6.07, 6.45) is 1.68. The van der Waals surface area contributed by atoms with Gasteiger partial charge in [0, 0.05) is 23.9 Å². The molecule has 3 rings (SSSR count). The number of hydrogen-bond donors (Lipinski definition) is 1. The van der Waals surface area contributed by atoms with Crippen molar-refractivity contribution in [2.45, 2.75) is 39.5 Å². The van der Waals surface area contributed by atoms with Gasteiger partial charge in [-0.3, -0.25) is 14.5 Å². The molecule has 1 aliphatic rings. The Morgan fingerprint density at radius 3 is 2.14 bits per heavy atom. The zero-order chi connectivity index (χ0) is 21.3. The second kappa shape index (κ2) is 7.78. The van der Waals surface area contributed by atoms with Gasteiger partial charge in [0.15, 0.2) is 0 Å². The summed E-state index contributed by atoms with van der Waals surface area (Å²) in [7, 11) is 0. The topological polar surface area (TPSA) is 49.4 Å². The van der Waals surface area contributed by atoms with Crippen LogP contribution in [0.4, 0.5) is 14.5 Å². The maximum absolute atomic E-state index is 13.7. The molecule has 2 aromatic rings. The summed E-state index contributed by atoms with van der Waals surface area (Å²) in [5, 5.41) is 2.65. The molecule has 2 amide bonds. The smallest absolute Gasteiger partial charge is 0.277 e. The third kappa shape index (κ3) is 4.53. The van der Waals surface area contributed by atoms with Crippen molar-refractivity contribution < 1.29 is 18.4 Å². The Kier molecular flexibility index (Phi) is 5.55. The summed E-state index contributed by atoms with van der Waals surface area (Å²) in [6.45, 7) is 7.96. The maximum Gasteiger partial charge on any atom is 0.277 e. The van der Waals surface area contributed by atoms with Crippen LogP contribution in [0.1, 0.15) is 37.5 Å². The first-order chi connectivity index (χ1) is 13.6. The van der Waals surface area contributed by atoms with Crippen LogP contribution >= 0.6 is 0 Å². The second-order valence-electron chi connectivity index (χ2n) is 8.24. The van der Waals surface area contributed by atoms with E-state index in [0.717, 1.165) is 28.7 Å². The van der Waals surface area contributed by atoms with E-state index in [0.29, 0.717) is 6.42 Å². The van der Waals surface area contributed by atoms with Crippen LogP contribution in [-0.2, 0) is 21.4 Å². The Morgan fingerprint density at radius 2 is 1.59 bits per heavy atom. The van der Waals surface area contributed by atoms with Gasteiger partial charge in [-0.25, -0.2) is 8.78 Å². The Morgan fingerprint density at radius 1 is 1.00 bits per heavy atom. The number of rotatable bonds is 5. The molecule has 0 saturated carbocycles. The van der Waals surface area contributed by atoms with Crippen molar-refractivity contribution in [3.05, 3.63) is 76.5 Å². The van der Waals surface area contributed by atoms with E-state index in [2.05, 4.69) is 38.2 Å². The van der Waals surface area contributed by atoms with E-state index in [1.807, 2.05) is 12.1 Å². The van der Waals surface area contributed by atoms with Crippen molar-refractivity contribution in [3.63, 3.8) is 0 Å². The third-order valence-electron chi connectivity index (χ3n) is 5.01. The monoisotopic (exact) mass is 398 g/mol. The Labute approximate surface area is 169 Å². The number of carbonyl (C=O) groups excluding carboxylic acids is 2. The number of nitrogens with zero attached hydrogens (tertiary/aromatic N) is 1. The van der Waals surface area contributed by atoms with Crippen LogP contribution in [0.15, 0.2) is 48.2 Å². The van der Waals surface area contributed by atoms with Crippen LogP contribution in [0.25, 0.3) is 0 Å². The highest BCUT2D eigenvalue weighted by atomic mass is 19.1. The minimum Gasteiger partial charge on any atom is -0.351 e. The number of anilines is 1. The van der Waals surface area contributed by atoms with E-state index in [1.165, 1.54) is 12.5 Å². The molecule has 0 bridgehead atoms. The number of benzene rings is 2. The molecule has 2 aromatic carbocycles. The van der Waals surface area contributed by atoms with E-state index in [4.69, 9.17) is 0 Å². The van der Waals surface area contributed by atoms with Crippen molar-refractivity contribution in [2.24, 2.45) is 0 Å². The van der Waals surface area contributed by atoms with Crippen molar-refractivity contribution in [3.8, 4) is 0 Å². The molecule has 0 unspecified atom stereocenters. The van der Waals surface area contributed by atoms with E-state index in [1.54, 1.807) is 0 Å². The molecular weight excluding hydrogens is 374 g/mol. The molecule has 0 aliphatic carbocycles. The molecular formula is C23H24F2N2O2. The molecule has 0 aromatic heterocycles. The first-order valence-corrected chi connectivity index (χ1v) is 9.46. The van der Waals surface area contributed by atoms with Gasteiger partial charge in [0.05, 0.1) is 0 Å². The number of carbonyl (C=O) groups is 2. The van der Waals surface area contributed by atoms with Crippen LogP contribution in [0, 0.1) is 18.6 Å². The van der Waals surface area contributed by atoms with Gasteiger partial charge >= 0.3 is 0 Å². The largest absolute Gasteiger partial charge is 0.351 e. The highest BCUT2D eigenvalue weighted by Gasteiger charge is 2.31. The molecule has 0 fully saturated rings. The summed E-state index contributed by atoms with van der Waals surface area (Å²) in [5.41, 5.74) is 2.26. The van der Waals surface area contributed by atoms with Gasteiger partial charge in [-0.1, -0.05) is 45.0 Å². The van der Waals surface area contributed by atoms with Gasteiger partial charge in [-0.05, 0) is 42.0 Å². The minimum atomic E-state index is -0.722. The van der Waals surface area contributed by atoms with Crippen LogP contribution < -0.4 is 5.32 Å². The van der Waals surface area contributed by atoms with Crippen molar-refractivity contribution in [1.29, 1.82) is 0 Å². The number of hydrogen-bond acceptors (Lipinski definition) is 3. The zero-order valence-electron chi connectivity index (χ0n) is 17.0. The predicted molar refractivity (Wildman–Crippen MR) is 108 cm³/mol. The molecule has 0 spiro atoms. The lowest BCUT2D eigenvalue weighted by molar-refractivity contribution is -0.137. The first kappa shape index (κ1) is 20.7. The fraction of sp³-hybridized carbons (Fsp3) is 0.304.